The Balaban J connectivity index is 0.000000202. The number of carbonyl (C=O) groups excluding carboxylic acids is 1. The fourth-order valence-corrected chi connectivity index (χ4v) is 0.604. The van der Waals surface area contributed by atoms with E-state index in [1.54, 1.807) is 0 Å². The summed E-state index contributed by atoms with van der Waals surface area (Å²) in [4.78, 5) is 8.59. The molecule has 1 fully saturated rings. The zero-order valence-electron chi connectivity index (χ0n) is 6.65. The van der Waals surface area contributed by atoms with E-state index in [2.05, 4.69) is 16.4 Å². The van der Waals surface area contributed by atoms with Gasteiger partial charge < -0.3 is 16.4 Å². The lowest BCUT2D eigenvalue weighted by Crippen LogP contribution is -2.39. The molecule has 1 aliphatic rings. The van der Waals surface area contributed by atoms with Crippen LogP contribution >= 0.6 is 23.2 Å². The fourth-order valence-electron chi connectivity index (χ4n) is 0.604. The summed E-state index contributed by atoms with van der Waals surface area (Å²) >= 11 is 9.81. The smallest absolute Gasteiger partial charge is 0.250 e. The molecule has 12 heavy (non-hydrogen) atoms. The Morgan fingerprint density at radius 1 is 1.17 bits per heavy atom. The Bertz CT molecular complexity index is 116. The minimum atomic E-state index is -1.06. The first-order valence-electron chi connectivity index (χ1n) is 3.63. The molecule has 4 N–H and O–H groups in total. The molecular weight excluding hydrogens is 201 g/mol. The van der Waals surface area contributed by atoms with Crippen LogP contribution in [0.3, 0.4) is 0 Å². The molecular formula is C6H13Cl2N3O. The maximum atomic E-state index is 9.66. The summed E-state index contributed by atoms with van der Waals surface area (Å²) in [5, 5.41) is 6.44. The van der Waals surface area contributed by atoms with Gasteiger partial charge in [-0.25, -0.2) is 0 Å². The van der Waals surface area contributed by atoms with Gasteiger partial charge in [-0.3, -0.25) is 4.79 Å². The lowest BCUT2D eigenvalue weighted by Gasteiger charge is -2.11. The molecule has 0 aromatic heterocycles. The largest absolute Gasteiger partial charge is 0.367 e. The number of hydrogen-bond acceptors (Lipinski definition) is 3. The summed E-state index contributed by atoms with van der Waals surface area (Å²) in [5.41, 5.74) is 4.53. The van der Waals surface area contributed by atoms with Crippen molar-refractivity contribution >= 4 is 29.1 Å². The molecule has 0 radical (unpaired) electrons. The van der Waals surface area contributed by atoms with Crippen LogP contribution in [0.1, 0.15) is 0 Å². The lowest BCUT2D eigenvalue weighted by atomic mass is 10.4. The first-order valence-corrected chi connectivity index (χ1v) is 4.50. The van der Waals surface area contributed by atoms with E-state index in [1.165, 1.54) is 0 Å². The van der Waals surface area contributed by atoms with Gasteiger partial charge in [0, 0.05) is 26.2 Å². The summed E-state index contributed by atoms with van der Waals surface area (Å²) in [7, 11) is 0. The molecule has 0 unspecified atom stereocenters. The van der Waals surface area contributed by atoms with Crippen LogP contribution in [-0.4, -0.2) is 36.9 Å². The van der Waals surface area contributed by atoms with E-state index in [9.17, 15) is 4.79 Å². The molecule has 1 aliphatic heterocycles. The summed E-state index contributed by atoms with van der Waals surface area (Å²) in [6.45, 7) is 4.56. The lowest BCUT2D eigenvalue weighted by molar-refractivity contribution is -0.116. The average Bonchev–Trinajstić information content (AvgIpc) is 2.08. The molecule has 0 atom stereocenters. The predicted molar refractivity (Wildman–Crippen MR) is 50.4 cm³/mol. The third kappa shape index (κ3) is 8.07. The van der Waals surface area contributed by atoms with Gasteiger partial charge in [-0.15, -0.1) is 0 Å². The van der Waals surface area contributed by atoms with Crippen LogP contribution in [0.15, 0.2) is 0 Å². The van der Waals surface area contributed by atoms with E-state index in [0.717, 1.165) is 26.2 Å². The van der Waals surface area contributed by atoms with Crippen molar-refractivity contribution in [1.82, 2.24) is 10.6 Å². The number of carbonyl (C=O) groups is 1. The number of hydrogen-bond donors (Lipinski definition) is 3. The van der Waals surface area contributed by atoms with Gasteiger partial charge in [-0.1, -0.05) is 23.2 Å². The number of nitrogens with one attached hydrogen (secondary N) is 2. The van der Waals surface area contributed by atoms with Gasteiger partial charge >= 0.3 is 0 Å². The Labute approximate surface area is 81.8 Å². The van der Waals surface area contributed by atoms with Crippen LogP contribution in [0.4, 0.5) is 0 Å². The molecule has 0 aromatic carbocycles. The molecule has 4 nitrogen and oxygen atoms in total. The van der Waals surface area contributed by atoms with E-state index in [1.807, 2.05) is 0 Å². The first-order chi connectivity index (χ1) is 5.64. The zero-order chi connectivity index (χ0) is 9.40. The van der Waals surface area contributed by atoms with Crippen molar-refractivity contribution in [3.05, 3.63) is 0 Å². The molecule has 0 bridgehead atoms. The van der Waals surface area contributed by atoms with Crippen molar-refractivity contribution in [3.63, 3.8) is 0 Å². The van der Waals surface area contributed by atoms with Gasteiger partial charge in [0.05, 0.1) is 0 Å². The van der Waals surface area contributed by atoms with Crippen molar-refractivity contribution in [1.29, 1.82) is 0 Å². The highest BCUT2D eigenvalue weighted by molar-refractivity contribution is 6.53. The number of primary amides is 1. The minimum absolute atomic E-state index is 0.710. The van der Waals surface area contributed by atoms with E-state index < -0.39 is 10.7 Å². The molecule has 6 heteroatoms. The topological polar surface area (TPSA) is 67.2 Å². The van der Waals surface area contributed by atoms with Crippen LogP contribution in [0.2, 0.25) is 0 Å². The van der Waals surface area contributed by atoms with Crippen molar-refractivity contribution in [2.24, 2.45) is 5.73 Å². The highest BCUT2D eigenvalue weighted by Crippen LogP contribution is 1.97. The molecule has 0 saturated carbocycles. The number of rotatable bonds is 1. The van der Waals surface area contributed by atoms with Crippen LogP contribution in [0, 0.1) is 0 Å². The van der Waals surface area contributed by atoms with Crippen molar-refractivity contribution in [2.75, 3.05) is 26.2 Å². The number of alkyl halides is 2. The SMILES string of the molecule is C1CNCCN1.NC(=O)C(Cl)Cl. The van der Waals surface area contributed by atoms with E-state index in [-0.39, 0.29) is 0 Å². The molecule has 72 valence electrons. The summed E-state index contributed by atoms with van der Waals surface area (Å²) in [6.07, 6.45) is 0. The molecule has 1 saturated heterocycles. The first kappa shape index (κ1) is 12.0. The Hall–Kier alpha value is -0.0300. The second-order valence-corrected chi connectivity index (χ2v) is 3.30. The maximum absolute atomic E-state index is 9.66. The Kier molecular flexibility index (Phi) is 7.59. The van der Waals surface area contributed by atoms with E-state index >= 15 is 0 Å². The van der Waals surface area contributed by atoms with Crippen LogP contribution < -0.4 is 16.4 Å². The number of halogens is 2. The molecule has 0 spiro atoms. The van der Waals surface area contributed by atoms with E-state index in [4.69, 9.17) is 23.2 Å². The highest BCUT2D eigenvalue weighted by atomic mass is 35.5. The molecule has 0 aromatic rings. The number of nitrogens with two attached hydrogens (primary N) is 1. The number of piperazine rings is 1. The second kappa shape index (κ2) is 7.61. The quantitative estimate of drug-likeness (QED) is 0.513. The summed E-state index contributed by atoms with van der Waals surface area (Å²) in [5.74, 6) is -0.710. The Morgan fingerprint density at radius 3 is 1.50 bits per heavy atom. The average molecular weight is 214 g/mol. The van der Waals surface area contributed by atoms with Crippen molar-refractivity contribution in [3.8, 4) is 0 Å². The minimum Gasteiger partial charge on any atom is -0.367 e. The fraction of sp³-hybridized carbons (Fsp3) is 0.833. The second-order valence-electron chi connectivity index (χ2n) is 2.20. The predicted octanol–water partition coefficient (Wildman–Crippen LogP) is -0.545. The van der Waals surface area contributed by atoms with Gasteiger partial charge in [0.2, 0.25) is 0 Å². The third-order valence-corrected chi connectivity index (χ3v) is 1.60. The highest BCUT2D eigenvalue weighted by Gasteiger charge is 2.02. The van der Waals surface area contributed by atoms with Gasteiger partial charge in [-0.05, 0) is 0 Å². The normalized spacial score (nSPS) is 16.6. The van der Waals surface area contributed by atoms with Crippen LogP contribution in [-0.2, 0) is 4.79 Å². The van der Waals surface area contributed by atoms with Gasteiger partial charge in [0.25, 0.3) is 5.91 Å². The molecule has 1 heterocycles. The van der Waals surface area contributed by atoms with E-state index in [0.29, 0.717) is 0 Å². The maximum Gasteiger partial charge on any atom is 0.250 e. The van der Waals surface area contributed by atoms with Crippen molar-refractivity contribution in [2.45, 2.75) is 4.84 Å². The molecule has 1 amide bonds. The van der Waals surface area contributed by atoms with Crippen molar-refractivity contribution < 1.29 is 4.79 Å². The van der Waals surface area contributed by atoms with Crippen LogP contribution in [0.25, 0.3) is 0 Å². The van der Waals surface area contributed by atoms with Gasteiger partial charge in [0.1, 0.15) is 0 Å². The van der Waals surface area contributed by atoms with Gasteiger partial charge in [-0.2, -0.15) is 0 Å². The summed E-state index contributed by atoms with van der Waals surface area (Å²) < 4.78 is 0. The number of amides is 1. The van der Waals surface area contributed by atoms with Gasteiger partial charge in [0.15, 0.2) is 4.84 Å². The Morgan fingerprint density at radius 2 is 1.42 bits per heavy atom. The standard InChI is InChI=1S/C4H10N2.C2H3Cl2NO/c1-2-6-4-3-5-1;3-1(4)2(5)6/h5-6H,1-4H2;1H,(H2,5,6). The molecule has 0 aliphatic carbocycles. The third-order valence-electron chi connectivity index (χ3n) is 1.17. The monoisotopic (exact) mass is 213 g/mol. The summed E-state index contributed by atoms with van der Waals surface area (Å²) in [6, 6.07) is 0. The molecule has 1 rings (SSSR count). The van der Waals surface area contributed by atoms with Crippen LogP contribution in [0.5, 0.6) is 0 Å². The zero-order valence-corrected chi connectivity index (χ0v) is 8.16.